The first kappa shape index (κ1) is 16.7. The smallest absolute Gasteiger partial charge is 0.337 e. The van der Waals surface area contributed by atoms with Crippen LogP contribution in [0, 0.1) is 0 Å². The number of aromatic carboxylic acids is 1. The van der Waals surface area contributed by atoms with Gasteiger partial charge in [0.05, 0.1) is 36.3 Å². The van der Waals surface area contributed by atoms with Gasteiger partial charge >= 0.3 is 5.97 Å². The van der Waals surface area contributed by atoms with Crippen LogP contribution >= 0.6 is 0 Å². The van der Waals surface area contributed by atoms with Crippen molar-refractivity contribution in [3.05, 3.63) is 60.4 Å². The maximum Gasteiger partial charge on any atom is 0.337 e. The summed E-state index contributed by atoms with van der Waals surface area (Å²) in [6.07, 6.45) is 2.94. The zero-order valence-electron chi connectivity index (χ0n) is 13.7. The molecule has 0 aliphatic heterocycles. The van der Waals surface area contributed by atoms with Crippen molar-refractivity contribution in [1.29, 1.82) is 0 Å². The summed E-state index contributed by atoms with van der Waals surface area (Å²) in [7, 11) is 1.62. The second-order valence-corrected chi connectivity index (χ2v) is 5.35. The molecule has 0 fully saturated rings. The lowest BCUT2D eigenvalue weighted by molar-refractivity contribution is 0.0698. The predicted octanol–water partition coefficient (Wildman–Crippen LogP) is 3.03. The molecule has 7 heteroatoms. The molecule has 3 aromatic rings. The molecular weight excluding hydrogens is 320 g/mol. The second-order valence-electron chi connectivity index (χ2n) is 5.35. The average molecular weight is 338 g/mol. The molecule has 0 spiro atoms. The van der Waals surface area contributed by atoms with E-state index in [2.05, 4.69) is 15.4 Å². The summed E-state index contributed by atoms with van der Waals surface area (Å²) in [4.78, 5) is 15.4. The molecule has 0 unspecified atom stereocenters. The first-order chi connectivity index (χ1) is 12.2. The van der Waals surface area contributed by atoms with E-state index < -0.39 is 5.97 Å². The molecule has 0 atom stereocenters. The Morgan fingerprint density at radius 3 is 2.80 bits per heavy atom. The molecule has 0 aliphatic rings. The van der Waals surface area contributed by atoms with Crippen LogP contribution in [0.2, 0.25) is 0 Å². The summed E-state index contributed by atoms with van der Waals surface area (Å²) in [6.45, 7) is 1.03. The Bertz CT molecular complexity index is 862. The summed E-state index contributed by atoms with van der Waals surface area (Å²) < 4.78 is 6.89. The number of carboxylic acid groups (broad SMARTS) is 1. The minimum Gasteiger partial charge on any atom is -0.478 e. The van der Waals surface area contributed by atoms with Gasteiger partial charge in [-0.3, -0.25) is 4.98 Å². The third-order valence-corrected chi connectivity index (χ3v) is 3.67. The highest BCUT2D eigenvalue weighted by atomic mass is 16.5. The summed E-state index contributed by atoms with van der Waals surface area (Å²) in [5, 5.41) is 17.0. The van der Waals surface area contributed by atoms with E-state index in [-0.39, 0.29) is 5.56 Å². The van der Waals surface area contributed by atoms with E-state index in [1.807, 2.05) is 36.4 Å². The molecule has 7 nitrogen and oxygen atoms in total. The Hall–Kier alpha value is -3.19. The van der Waals surface area contributed by atoms with Gasteiger partial charge in [0.15, 0.2) is 0 Å². The number of nitrogens with zero attached hydrogens (tertiary/aromatic N) is 3. The Morgan fingerprint density at radius 1 is 1.28 bits per heavy atom. The van der Waals surface area contributed by atoms with Crippen molar-refractivity contribution in [3.8, 4) is 11.3 Å². The summed E-state index contributed by atoms with van der Waals surface area (Å²) in [6, 6.07) is 13.1. The molecule has 0 amide bonds. The predicted molar refractivity (Wildman–Crippen MR) is 94.0 cm³/mol. The molecule has 3 rings (SSSR count). The number of hydrogen-bond acceptors (Lipinski definition) is 5. The zero-order chi connectivity index (χ0) is 17.6. The number of methoxy groups -OCH3 is 1. The molecule has 25 heavy (non-hydrogen) atoms. The highest BCUT2D eigenvalue weighted by molar-refractivity contribution is 5.94. The van der Waals surface area contributed by atoms with E-state index >= 15 is 0 Å². The Balaban J connectivity index is 1.97. The number of aromatic nitrogens is 3. The van der Waals surface area contributed by atoms with Gasteiger partial charge in [0.2, 0.25) is 0 Å². The van der Waals surface area contributed by atoms with Crippen LogP contribution in [0.15, 0.2) is 54.9 Å². The number of pyridine rings is 1. The molecule has 0 radical (unpaired) electrons. The van der Waals surface area contributed by atoms with Crippen LogP contribution < -0.4 is 5.32 Å². The molecule has 0 saturated carbocycles. The van der Waals surface area contributed by atoms with Crippen molar-refractivity contribution < 1.29 is 14.6 Å². The SMILES string of the molecule is COCCn1nc(-c2ccccc2)cc1Nc1cnccc1C(=O)O. The van der Waals surface area contributed by atoms with E-state index in [0.717, 1.165) is 11.3 Å². The topological polar surface area (TPSA) is 89.3 Å². The Labute approximate surface area is 144 Å². The minimum absolute atomic E-state index is 0.149. The third-order valence-electron chi connectivity index (χ3n) is 3.67. The fourth-order valence-electron chi connectivity index (χ4n) is 2.43. The average Bonchev–Trinajstić information content (AvgIpc) is 3.04. The molecule has 0 aliphatic carbocycles. The number of ether oxygens (including phenoxy) is 1. The van der Waals surface area contributed by atoms with Crippen molar-refractivity contribution >= 4 is 17.5 Å². The molecular formula is C18H18N4O3. The summed E-state index contributed by atoms with van der Waals surface area (Å²) in [5.41, 5.74) is 2.33. The van der Waals surface area contributed by atoms with Crippen LogP contribution in [0.3, 0.4) is 0 Å². The molecule has 0 bridgehead atoms. The highest BCUT2D eigenvalue weighted by Gasteiger charge is 2.14. The molecule has 2 N–H and O–H groups in total. The van der Waals surface area contributed by atoms with E-state index in [4.69, 9.17) is 4.74 Å². The van der Waals surface area contributed by atoms with E-state index in [0.29, 0.717) is 24.7 Å². The fraction of sp³-hybridized carbons (Fsp3) is 0.167. The van der Waals surface area contributed by atoms with Gasteiger partial charge in [0.25, 0.3) is 0 Å². The molecule has 2 heterocycles. The Morgan fingerprint density at radius 2 is 2.08 bits per heavy atom. The maximum absolute atomic E-state index is 11.4. The summed E-state index contributed by atoms with van der Waals surface area (Å²) >= 11 is 0. The lowest BCUT2D eigenvalue weighted by Crippen LogP contribution is -2.10. The number of hydrogen-bond donors (Lipinski definition) is 2. The minimum atomic E-state index is -1.02. The lowest BCUT2D eigenvalue weighted by Gasteiger charge is -2.10. The lowest BCUT2D eigenvalue weighted by atomic mass is 10.1. The summed E-state index contributed by atoms with van der Waals surface area (Å²) in [5.74, 6) is -0.345. The van der Waals surface area contributed by atoms with Crippen LogP contribution in [0.1, 0.15) is 10.4 Å². The van der Waals surface area contributed by atoms with Crippen molar-refractivity contribution in [2.75, 3.05) is 19.0 Å². The standard InChI is InChI=1S/C18H18N4O3/c1-25-10-9-22-17(11-15(21-22)13-5-3-2-4-6-13)20-16-12-19-8-7-14(16)18(23)24/h2-8,11-12,20H,9-10H2,1H3,(H,23,24). The zero-order valence-corrected chi connectivity index (χ0v) is 13.7. The number of rotatable bonds is 7. The van der Waals surface area contributed by atoms with Crippen molar-refractivity contribution in [3.63, 3.8) is 0 Å². The van der Waals surface area contributed by atoms with E-state index in [9.17, 15) is 9.90 Å². The first-order valence-electron chi connectivity index (χ1n) is 7.75. The van der Waals surface area contributed by atoms with Crippen LogP contribution in [0.4, 0.5) is 11.5 Å². The van der Waals surface area contributed by atoms with E-state index in [1.54, 1.807) is 11.8 Å². The number of benzene rings is 1. The van der Waals surface area contributed by atoms with E-state index in [1.165, 1.54) is 18.5 Å². The highest BCUT2D eigenvalue weighted by Crippen LogP contribution is 2.25. The molecule has 2 aromatic heterocycles. The number of nitrogens with one attached hydrogen (secondary N) is 1. The normalized spacial score (nSPS) is 10.6. The van der Waals surface area contributed by atoms with Crippen LogP contribution in [-0.2, 0) is 11.3 Å². The number of carbonyl (C=O) groups is 1. The van der Waals surface area contributed by atoms with Crippen molar-refractivity contribution in [1.82, 2.24) is 14.8 Å². The van der Waals surface area contributed by atoms with Gasteiger partial charge in [-0.25, -0.2) is 9.48 Å². The van der Waals surface area contributed by atoms with Gasteiger partial charge in [-0.2, -0.15) is 5.10 Å². The number of carboxylic acids is 1. The first-order valence-corrected chi connectivity index (χ1v) is 7.75. The van der Waals surface area contributed by atoms with Gasteiger partial charge in [-0.05, 0) is 6.07 Å². The third kappa shape index (κ3) is 3.84. The quantitative estimate of drug-likeness (QED) is 0.688. The van der Waals surface area contributed by atoms with Gasteiger partial charge < -0.3 is 15.2 Å². The van der Waals surface area contributed by atoms with Crippen molar-refractivity contribution in [2.45, 2.75) is 6.54 Å². The fourth-order valence-corrected chi connectivity index (χ4v) is 2.43. The number of anilines is 2. The Kier molecular flexibility index (Phi) is 5.06. The molecule has 1 aromatic carbocycles. The van der Waals surface area contributed by atoms with Gasteiger partial charge in [-0.1, -0.05) is 30.3 Å². The molecule has 0 saturated heterocycles. The van der Waals surface area contributed by atoms with Crippen LogP contribution in [-0.4, -0.2) is 39.6 Å². The van der Waals surface area contributed by atoms with Crippen LogP contribution in [0.25, 0.3) is 11.3 Å². The van der Waals surface area contributed by atoms with Gasteiger partial charge in [0.1, 0.15) is 5.82 Å². The monoisotopic (exact) mass is 338 g/mol. The van der Waals surface area contributed by atoms with Gasteiger partial charge in [0, 0.05) is 24.9 Å². The second kappa shape index (κ2) is 7.59. The molecule has 128 valence electrons. The van der Waals surface area contributed by atoms with Crippen molar-refractivity contribution in [2.24, 2.45) is 0 Å². The van der Waals surface area contributed by atoms with Gasteiger partial charge in [-0.15, -0.1) is 0 Å². The maximum atomic E-state index is 11.4. The van der Waals surface area contributed by atoms with Crippen LogP contribution in [0.5, 0.6) is 0 Å². The largest absolute Gasteiger partial charge is 0.478 e.